The van der Waals surface area contributed by atoms with Crippen molar-refractivity contribution in [2.24, 2.45) is 5.73 Å². The van der Waals surface area contributed by atoms with Crippen LogP contribution in [0.5, 0.6) is 5.75 Å². The molecule has 0 unspecified atom stereocenters. The molecule has 0 radical (unpaired) electrons. The fourth-order valence-electron chi connectivity index (χ4n) is 2.67. The van der Waals surface area contributed by atoms with Gasteiger partial charge < -0.3 is 31.3 Å². The van der Waals surface area contributed by atoms with Gasteiger partial charge in [0.05, 0.1) is 6.10 Å². The van der Waals surface area contributed by atoms with E-state index in [9.17, 15) is 24.6 Å². The molecule has 0 spiro atoms. The van der Waals surface area contributed by atoms with E-state index in [4.69, 9.17) is 10.5 Å². The maximum atomic E-state index is 12.7. The zero-order valence-electron chi connectivity index (χ0n) is 16.4. The van der Waals surface area contributed by atoms with Crippen LogP contribution in [-0.2, 0) is 27.4 Å². The molecule has 9 nitrogen and oxygen atoms in total. The van der Waals surface area contributed by atoms with Gasteiger partial charge in [-0.2, -0.15) is 0 Å². The van der Waals surface area contributed by atoms with Gasteiger partial charge in [-0.3, -0.25) is 9.59 Å². The molecule has 3 amide bonds. The summed E-state index contributed by atoms with van der Waals surface area (Å²) >= 11 is 0. The minimum absolute atomic E-state index is 0.0117. The number of primary amides is 1. The van der Waals surface area contributed by atoms with Crippen LogP contribution in [0.25, 0.3) is 0 Å². The van der Waals surface area contributed by atoms with Gasteiger partial charge >= 0.3 is 6.09 Å². The highest BCUT2D eigenvalue weighted by atomic mass is 16.5. The number of nitrogens with one attached hydrogen (secondary N) is 2. The van der Waals surface area contributed by atoms with E-state index in [1.165, 1.54) is 19.1 Å². The second-order valence-corrected chi connectivity index (χ2v) is 6.76. The average molecular weight is 415 g/mol. The lowest BCUT2D eigenvalue weighted by molar-refractivity contribution is -0.130. The number of alkyl carbamates (subject to hydrolysis) is 1. The maximum Gasteiger partial charge on any atom is 0.408 e. The van der Waals surface area contributed by atoms with Gasteiger partial charge in [0.25, 0.3) is 0 Å². The van der Waals surface area contributed by atoms with E-state index >= 15 is 0 Å². The lowest BCUT2D eigenvalue weighted by Crippen LogP contribution is -2.56. The Balaban J connectivity index is 2.09. The molecular formula is C21H25N3O6. The summed E-state index contributed by atoms with van der Waals surface area (Å²) in [5.41, 5.74) is 6.63. The number of carbonyl (C=O) groups excluding carboxylic acids is 3. The van der Waals surface area contributed by atoms with Crippen molar-refractivity contribution in [1.29, 1.82) is 0 Å². The van der Waals surface area contributed by atoms with Gasteiger partial charge in [-0.15, -0.1) is 0 Å². The number of rotatable bonds is 9. The number of nitrogens with two attached hydrogens (primary N) is 1. The summed E-state index contributed by atoms with van der Waals surface area (Å²) in [7, 11) is 0. The van der Waals surface area contributed by atoms with Crippen molar-refractivity contribution in [3.8, 4) is 5.75 Å². The Morgan fingerprint density at radius 2 is 1.63 bits per heavy atom. The molecule has 2 aromatic carbocycles. The van der Waals surface area contributed by atoms with Gasteiger partial charge in [0.15, 0.2) is 0 Å². The molecule has 30 heavy (non-hydrogen) atoms. The van der Waals surface area contributed by atoms with Crippen LogP contribution in [0.3, 0.4) is 0 Å². The number of hydrogen-bond acceptors (Lipinski definition) is 6. The van der Waals surface area contributed by atoms with E-state index in [1.54, 1.807) is 36.4 Å². The fraction of sp³-hybridized carbons (Fsp3) is 0.286. The Hall–Kier alpha value is -3.59. The first kappa shape index (κ1) is 22.7. The minimum Gasteiger partial charge on any atom is -0.508 e. The minimum atomic E-state index is -1.32. The van der Waals surface area contributed by atoms with Crippen LogP contribution in [0.15, 0.2) is 54.6 Å². The Kier molecular flexibility index (Phi) is 8.18. The zero-order valence-corrected chi connectivity index (χ0v) is 16.4. The number of amides is 3. The summed E-state index contributed by atoms with van der Waals surface area (Å²) in [4.78, 5) is 36.4. The lowest BCUT2D eigenvalue weighted by Gasteiger charge is -2.23. The van der Waals surface area contributed by atoms with Gasteiger partial charge in [0.1, 0.15) is 24.4 Å². The highest BCUT2D eigenvalue weighted by Crippen LogP contribution is 2.12. The van der Waals surface area contributed by atoms with E-state index < -0.39 is 36.1 Å². The molecular weight excluding hydrogens is 390 g/mol. The van der Waals surface area contributed by atoms with Crippen LogP contribution in [-0.4, -0.2) is 46.3 Å². The smallest absolute Gasteiger partial charge is 0.408 e. The van der Waals surface area contributed by atoms with Crippen LogP contribution in [0.2, 0.25) is 0 Å². The van der Waals surface area contributed by atoms with Crippen molar-refractivity contribution in [2.45, 2.75) is 38.1 Å². The summed E-state index contributed by atoms with van der Waals surface area (Å²) < 4.78 is 5.15. The number of phenolic OH excluding ortho intramolecular Hbond substituents is 1. The second kappa shape index (κ2) is 10.8. The van der Waals surface area contributed by atoms with E-state index in [0.29, 0.717) is 5.56 Å². The second-order valence-electron chi connectivity index (χ2n) is 6.76. The first-order valence-electron chi connectivity index (χ1n) is 9.29. The zero-order chi connectivity index (χ0) is 22.1. The first-order valence-corrected chi connectivity index (χ1v) is 9.29. The number of aromatic hydroxyl groups is 1. The van der Waals surface area contributed by atoms with Gasteiger partial charge in [0, 0.05) is 6.42 Å². The fourth-order valence-corrected chi connectivity index (χ4v) is 2.67. The number of ether oxygens (including phenoxy) is 1. The van der Waals surface area contributed by atoms with Crippen LogP contribution in [0.4, 0.5) is 4.79 Å². The third-order valence-corrected chi connectivity index (χ3v) is 4.28. The predicted octanol–water partition coefficient (Wildman–Crippen LogP) is 0.581. The summed E-state index contributed by atoms with van der Waals surface area (Å²) in [6.07, 6.45) is -1.99. The van der Waals surface area contributed by atoms with Crippen LogP contribution >= 0.6 is 0 Å². The Bertz CT molecular complexity index is 855. The third kappa shape index (κ3) is 7.10. The van der Waals surface area contributed by atoms with E-state index in [-0.39, 0.29) is 18.8 Å². The Morgan fingerprint density at radius 3 is 2.20 bits per heavy atom. The van der Waals surface area contributed by atoms with E-state index in [2.05, 4.69) is 10.6 Å². The number of carbonyl (C=O) groups is 3. The van der Waals surface area contributed by atoms with Crippen molar-refractivity contribution in [1.82, 2.24) is 10.6 Å². The normalized spacial score (nSPS) is 13.5. The summed E-state index contributed by atoms with van der Waals surface area (Å²) in [6, 6.07) is 12.6. The number of aliphatic hydroxyl groups is 1. The van der Waals surface area contributed by atoms with Crippen molar-refractivity contribution in [3.63, 3.8) is 0 Å². The van der Waals surface area contributed by atoms with Gasteiger partial charge in [0.2, 0.25) is 11.8 Å². The number of phenols is 1. The molecule has 0 saturated heterocycles. The summed E-state index contributed by atoms with van der Waals surface area (Å²) in [6.45, 7) is 1.32. The molecule has 0 heterocycles. The molecule has 0 aliphatic rings. The van der Waals surface area contributed by atoms with Crippen LogP contribution in [0, 0.1) is 0 Å². The lowest BCUT2D eigenvalue weighted by atomic mass is 10.0. The summed E-state index contributed by atoms with van der Waals surface area (Å²) in [5.74, 6) is -1.57. The first-order chi connectivity index (χ1) is 14.3. The molecule has 6 N–H and O–H groups in total. The SMILES string of the molecule is C[C@@H](O)[C@H](NC(=O)[C@@H](Cc1ccc(O)cc1)NC(=O)OCc1ccccc1)C(N)=O. The van der Waals surface area contributed by atoms with Gasteiger partial charge in [-0.05, 0) is 30.2 Å². The molecule has 0 saturated carbocycles. The quantitative estimate of drug-likeness (QED) is 0.404. The molecule has 3 atom stereocenters. The largest absolute Gasteiger partial charge is 0.508 e. The molecule has 0 fully saturated rings. The standard InChI is InChI=1S/C21H25N3O6/c1-13(25)18(19(22)27)24-20(28)17(11-14-7-9-16(26)10-8-14)23-21(29)30-12-15-5-3-2-4-6-15/h2-10,13,17-18,25-26H,11-12H2,1H3,(H2,22,27)(H,23,29)(H,24,28)/t13-,17-,18+/m1/s1. The van der Waals surface area contributed by atoms with Gasteiger partial charge in [-0.25, -0.2) is 4.79 Å². The highest BCUT2D eigenvalue weighted by molar-refractivity contribution is 5.91. The van der Waals surface area contributed by atoms with Gasteiger partial charge in [-0.1, -0.05) is 42.5 Å². The monoisotopic (exact) mass is 415 g/mol. The highest BCUT2D eigenvalue weighted by Gasteiger charge is 2.29. The topological polar surface area (TPSA) is 151 Å². The molecule has 2 rings (SSSR count). The maximum absolute atomic E-state index is 12.7. The average Bonchev–Trinajstić information content (AvgIpc) is 2.71. The molecule has 9 heteroatoms. The molecule has 0 aliphatic heterocycles. The number of aliphatic hydroxyl groups excluding tert-OH is 1. The summed E-state index contributed by atoms with van der Waals surface area (Å²) in [5, 5.41) is 23.9. The molecule has 0 bridgehead atoms. The number of hydrogen-bond donors (Lipinski definition) is 5. The number of benzene rings is 2. The van der Waals surface area contributed by atoms with Crippen molar-refractivity contribution in [2.75, 3.05) is 0 Å². The Labute approximate surface area is 173 Å². The molecule has 160 valence electrons. The van der Waals surface area contributed by atoms with E-state index in [1.807, 2.05) is 6.07 Å². The molecule has 0 aromatic heterocycles. The van der Waals surface area contributed by atoms with Crippen LogP contribution in [0.1, 0.15) is 18.1 Å². The predicted molar refractivity (Wildman–Crippen MR) is 108 cm³/mol. The van der Waals surface area contributed by atoms with Crippen LogP contribution < -0.4 is 16.4 Å². The third-order valence-electron chi connectivity index (χ3n) is 4.28. The van der Waals surface area contributed by atoms with E-state index in [0.717, 1.165) is 5.56 Å². The van der Waals surface area contributed by atoms with Crippen molar-refractivity contribution in [3.05, 3.63) is 65.7 Å². The Morgan fingerprint density at radius 1 is 1.00 bits per heavy atom. The molecule has 2 aromatic rings. The van der Waals surface area contributed by atoms with Crippen molar-refractivity contribution < 1.29 is 29.3 Å². The molecule has 0 aliphatic carbocycles. The van der Waals surface area contributed by atoms with Crippen molar-refractivity contribution >= 4 is 17.9 Å².